The smallest absolute Gasteiger partial charge is 0.142 e. The molecule has 3 fully saturated rings. The molecule has 2 radical (unpaired) electrons. The fourth-order valence-electron chi connectivity index (χ4n) is 2.68. The molecule has 0 saturated heterocycles. The van der Waals surface area contributed by atoms with E-state index in [-0.39, 0.29) is 0 Å². The summed E-state index contributed by atoms with van der Waals surface area (Å²) >= 11 is 1.62. The van der Waals surface area contributed by atoms with Gasteiger partial charge in [0.15, 0.2) is 5.51 Å². The second-order valence-electron chi connectivity index (χ2n) is 4.23. The van der Waals surface area contributed by atoms with Crippen LogP contribution in [-0.4, -0.2) is 10.2 Å². The molecule has 0 atom stereocenters. The Labute approximate surface area is 82.4 Å². The van der Waals surface area contributed by atoms with E-state index in [4.69, 9.17) is 0 Å². The molecular formula is C10H12N2S. The zero-order valence-corrected chi connectivity index (χ0v) is 8.36. The Morgan fingerprint density at radius 3 is 2.38 bits per heavy atom. The summed E-state index contributed by atoms with van der Waals surface area (Å²) in [5.41, 5.74) is 3.28. The number of aromatic nitrogens is 2. The van der Waals surface area contributed by atoms with Gasteiger partial charge in [0.05, 0.1) is 0 Å². The molecule has 4 rings (SSSR count). The fourth-order valence-corrected chi connectivity index (χ4v) is 3.46. The molecular weight excluding hydrogens is 180 g/mol. The van der Waals surface area contributed by atoms with E-state index in [2.05, 4.69) is 15.7 Å². The van der Waals surface area contributed by atoms with Gasteiger partial charge >= 0.3 is 0 Å². The Bertz CT molecular complexity index is 272. The van der Waals surface area contributed by atoms with Gasteiger partial charge < -0.3 is 0 Å². The van der Waals surface area contributed by atoms with E-state index >= 15 is 0 Å². The lowest BCUT2D eigenvalue weighted by Gasteiger charge is -2.44. The SMILES string of the molecule is [c]1nnc(C23CC[C](CC2)CC3)s1. The van der Waals surface area contributed by atoms with Crippen molar-refractivity contribution in [2.75, 3.05) is 0 Å². The minimum atomic E-state index is 0.402. The van der Waals surface area contributed by atoms with Crippen molar-refractivity contribution in [3.05, 3.63) is 16.4 Å². The molecule has 0 N–H and O–H groups in total. The van der Waals surface area contributed by atoms with Crippen LogP contribution in [0.25, 0.3) is 0 Å². The number of rotatable bonds is 1. The molecule has 1 heterocycles. The van der Waals surface area contributed by atoms with Gasteiger partial charge in [-0.25, -0.2) is 0 Å². The van der Waals surface area contributed by atoms with Crippen LogP contribution in [0.5, 0.6) is 0 Å². The minimum Gasteiger partial charge on any atom is -0.142 e. The Kier molecular flexibility index (Phi) is 1.69. The van der Waals surface area contributed by atoms with Gasteiger partial charge in [-0.2, -0.15) is 0 Å². The van der Waals surface area contributed by atoms with Crippen molar-refractivity contribution in [3.8, 4) is 0 Å². The highest BCUT2D eigenvalue weighted by atomic mass is 32.1. The molecule has 3 aliphatic rings. The van der Waals surface area contributed by atoms with Gasteiger partial charge in [-0.05, 0) is 44.4 Å². The standard InChI is InChI=1S/C10H12N2S/c1-4-10(9-12-11-7-13-9)5-2-8(1)3-6-10/h1-6H2. The predicted octanol–water partition coefficient (Wildman–Crippen LogP) is 2.52. The number of fused-ring (bicyclic) bond motifs is 3. The summed E-state index contributed by atoms with van der Waals surface area (Å²) in [6.45, 7) is 0. The minimum absolute atomic E-state index is 0.402. The molecule has 0 unspecified atom stereocenters. The first-order chi connectivity index (χ1) is 6.39. The first-order valence-corrected chi connectivity index (χ1v) is 5.74. The summed E-state index contributed by atoms with van der Waals surface area (Å²) in [5.74, 6) is 1.79. The molecule has 68 valence electrons. The number of hydrogen-bond donors (Lipinski definition) is 0. The molecule has 13 heavy (non-hydrogen) atoms. The van der Waals surface area contributed by atoms with Gasteiger partial charge in [-0.3, -0.25) is 0 Å². The van der Waals surface area contributed by atoms with E-state index in [1.807, 2.05) is 0 Å². The third-order valence-electron chi connectivity index (χ3n) is 3.65. The molecule has 3 heteroatoms. The van der Waals surface area contributed by atoms with Gasteiger partial charge in [0.2, 0.25) is 0 Å². The quantitative estimate of drug-likeness (QED) is 0.683. The van der Waals surface area contributed by atoms with Crippen LogP contribution < -0.4 is 0 Å². The summed E-state index contributed by atoms with van der Waals surface area (Å²) in [6.07, 6.45) is 7.93. The first kappa shape index (κ1) is 7.92. The van der Waals surface area contributed by atoms with Crippen LogP contribution in [0.1, 0.15) is 43.5 Å². The van der Waals surface area contributed by atoms with Crippen molar-refractivity contribution in [3.63, 3.8) is 0 Å². The highest BCUT2D eigenvalue weighted by molar-refractivity contribution is 7.08. The molecule has 0 spiro atoms. The molecule has 3 saturated carbocycles. The molecule has 1 aromatic rings. The molecule has 0 aliphatic heterocycles. The largest absolute Gasteiger partial charge is 0.178 e. The summed E-state index contributed by atoms with van der Waals surface area (Å²) in [4.78, 5) is 0. The normalized spacial score (nSPS) is 26.5. The van der Waals surface area contributed by atoms with Gasteiger partial charge in [-0.15, -0.1) is 10.2 Å². The van der Waals surface area contributed by atoms with Crippen LogP contribution in [0.3, 0.4) is 0 Å². The van der Waals surface area contributed by atoms with E-state index in [9.17, 15) is 0 Å². The van der Waals surface area contributed by atoms with Crippen LogP contribution in [-0.2, 0) is 5.41 Å². The van der Waals surface area contributed by atoms with Crippen LogP contribution in [0.4, 0.5) is 0 Å². The molecule has 0 amide bonds. The summed E-state index contributed by atoms with van der Waals surface area (Å²) in [7, 11) is 0. The number of hydrogen-bond acceptors (Lipinski definition) is 3. The lowest BCUT2D eigenvalue weighted by molar-refractivity contribution is 0.223. The second kappa shape index (κ2) is 2.77. The van der Waals surface area contributed by atoms with Crippen molar-refractivity contribution < 1.29 is 0 Å². The second-order valence-corrected chi connectivity index (χ2v) is 5.00. The van der Waals surface area contributed by atoms with E-state index in [0.717, 1.165) is 0 Å². The van der Waals surface area contributed by atoms with Gasteiger partial charge in [0.1, 0.15) is 5.01 Å². The fraction of sp³-hybridized carbons (Fsp3) is 0.700. The Hall–Kier alpha value is -0.440. The van der Waals surface area contributed by atoms with Gasteiger partial charge in [0, 0.05) is 5.41 Å². The predicted molar refractivity (Wildman–Crippen MR) is 51.4 cm³/mol. The summed E-state index contributed by atoms with van der Waals surface area (Å²) in [5, 5.41) is 9.30. The van der Waals surface area contributed by atoms with Crippen LogP contribution in [0, 0.1) is 11.4 Å². The Balaban J connectivity index is 1.95. The van der Waals surface area contributed by atoms with E-state index in [0.29, 0.717) is 5.41 Å². The average molecular weight is 192 g/mol. The van der Waals surface area contributed by atoms with Crippen molar-refractivity contribution in [1.29, 1.82) is 0 Å². The topological polar surface area (TPSA) is 25.8 Å². The van der Waals surface area contributed by atoms with E-state index in [1.54, 1.807) is 17.3 Å². The van der Waals surface area contributed by atoms with Crippen molar-refractivity contribution >= 4 is 11.3 Å². The zero-order chi connectivity index (χ0) is 8.73. The first-order valence-electron chi connectivity index (χ1n) is 4.93. The lowest BCUT2D eigenvalue weighted by atomic mass is 9.61. The average Bonchev–Trinajstić information content (AvgIpc) is 2.74. The third-order valence-corrected chi connectivity index (χ3v) is 4.53. The zero-order valence-electron chi connectivity index (χ0n) is 7.55. The van der Waals surface area contributed by atoms with Crippen LogP contribution >= 0.6 is 11.3 Å². The molecule has 0 aromatic carbocycles. The monoisotopic (exact) mass is 192 g/mol. The van der Waals surface area contributed by atoms with Gasteiger partial charge in [0.25, 0.3) is 0 Å². The van der Waals surface area contributed by atoms with E-state index in [1.165, 1.54) is 43.5 Å². The van der Waals surface area contributed by atoms with Crippen molar-refractivity contribution in [2.24, 2.45) is 0 Å². The van der Waals surface area contributed by atoms with E-state index < -0.39 is 0 Å². The van der Waals surface area contributed by atoms with Crippen molar-refractivity contribution in [2.45, 2.75) is 43.9 Å². The summed E-state index contributed by atoms with van der Waals surface area (Å²) in [6, 6.07) is 0. The highest BCUT2D eigenvalue weighted by Gasteiger charge is 2.43. The number of nitrogens with zero attached hydrogens (tertiary/aromatic N) is 2. The molecule has 3 aliphatic carbocycles. The van der Waals surface area contributed by atoms with Crippen LogP contribution in [0.15, 0.2) is 0 Å². The van der Waals surface area contributed by atoms with Crippen molar-refractivity contribution in [1.82, 2.24) is 10.2 Å². The Morgan fingerprint density at radius 2 is 1.85 bits per heavy atom. The maximum Gasteiger partial charge on any atom is 0.178 e. The van der Waals surface area contributed by atoms with Gasteiger partial charge in [-0.1, -0.05) is 11.3 Å². The van der Waals surface area contributed by atoms with Crippen LogP contribution in [0.2, 0.25) is 0 Å². The third kappa shape index (κ3) is 1.13. The lowest BCUT2D eigenvalue weighted by Crippen LogP contribution is -2.36. The maximum atomic E-state index is 4.21. The Morgan fingerprint density at radius 1 is 1.15 bits per heavy atom. The maximum absolute atomic E-state index is 4.21. The molecule has 2 bridgehead atoms. The molecule has 2 nitrogen and oxygen atoms in total. The summed E-state index contributed by atoms with van der Waals surface area (Å²) < 4.78 is 0. The molecule has 1 aromatic heterocycles. The highest BCUT2D eigenvalue weighted by Crippen LogP contribution is 2.52.